The molecule has 0 aromatic heterocycles. The van der Waals surface area contributed by atoms with Crippen molar-refractivity contribution in [1.29, 1.82) is 0 Å². The first-order valence-electron chi connectivity index (χ1n) is 3.08. The molecule has 0 aliphatic heterocycles. The van der Waals surface area contributed by atoms with Crippen LogP contribution >= 0.6 is 39.9 Å². The molecule has 0 nitrogen and oxygen atoms in total. The quantitative estimate of drug-likeness (QED) is 0.697. The summed E-state index contributed by atoms with van der Waals surface area (Å²) in [4.78, 5) is 0. The monoisotopic (exact) mass is 246 g/mol. The molecule has 0 saturated heterocycles. The maximum Gasteiger partial charge on any atom is 0.0786 e. The topological polar surface area (TPSA) is 0 Å². The number of halogens is 1. The van der Waals surface area contributed by atoms with Gasteiger partial charge in [0.15, 0.2) is 0 Å². The van der Waals surface area contributed by atoms with Crippen LogP contribution in [0.1, 0.15) is 5.56 Å². The van der Waals surface area contributed by atoms with Gasteiger partial charge in [-0.05, 0) is 12.3 Å². The van der Waals surface area contributed by atoms with Crippen molar-refractivity contribution < 1.29 is 0 Å². The van der Waals surface area contributed by atoms with E-state index in [-0.39, 0.29) is 0 Å². The molecule has 0 spiro atoms. The number of thioether (sulfide) groups is 1. The van der Waals surface area contributed by atoms with E-state index in [2.05, 4.69) is 15.9 Å². The van der Waals surface area contributed by atoms with Crippen LogP contribution in [0.3, 0.4) is 0 Å². The van der Waals surface area contributed by atoms with Crippen LogP contribution in [0.2, 0.25) is 0 Å². The second-order valence-corrected chi connectivity index (χ2v) is 4.31. The zero-order valence-electron chi connectivity index (χ0n) is 6.00. The van der Waals surface area contributed by atoms with Gasteiger partial charge in [0, 0.05) is 10.0 Å². The Labute approximate surface area is 84.5 Å². The van der Waals surface area contributed by atoms with E-state index in [4.69, 9.17) is 12.2 Å². The molecule has 0 radical (unpaired) electrons. The third-order valence-electron chi connectivity index (χ3n) is 1.28. The van der Waals surface area contributed by atoms with Gasteiger partial charge in [-0.3, -0.25) is 0 Å². The molecule has 0 aliphatic carbocycles. The minimum atomic E-state index is 0.928. The van der Waals surface area contributed by atoms with E-state index < -0.39 is 0 Å². The molecule has 0 bridgehead atoms. The van der Waals surface area contributed by atoms with Crippen LogP contribution in [0.25, 0.3) is 0 Å². The Bertz CT molecular complexity index is 271. The maximum atomic E-state index is 5.14. The second-order valence-electron chi connectivity index (χ2n) is 1.97. The normalized spacial score (nSPS) is 9.64. The summed E-state index contributed by atoms with van der Waals surface area (Å²) in [6.07, 6.45) is 1.99. The van der Waals surface area contributed by atoms with Crippen molar-refractivity contribution in [1.82, 2.24) is 0 Å². The smallest absolute Gasteiger partial charge is 0.0786 e. The molecule has 1 aromatic rings. The number of hydrogen-bond donors (Lipinski definition) is 0. The first-order valence-corrected chi connectivity index (χ1v) is 5.51. The van der Waals surface area contributed by atoms with Crippen molar-refractivity contribution in [3.05, 3.63) is 34.3 Å². The lowest BCUT2D eigenvalue weighted by Crippen LogP contribution is -1.90. The molecule has 3 heteroatoms. The molecule has 0 atom stereocenters. The van der Waals surface area contributed by atoms with Crippen molar-refractivity contribution in [2.45, 2.75) is 0 Å². The van der Waals surface area contributed by atoms with Gasteiger partial charge < -0.3 is 0 Å². The standard InChI is InChI=1S/C8H7BrS2/c1-11-8(10)6-4-2-3-5-7(6)9/h2-5H,1H3. The molecular formula is C8H7BrS2. The molecule has 0 aliphatic rings. The second kappa shape index (κ2) is 4.24. The summed E-state index contributed by atoms with van der Waals surface area (Å²) >= 11 is 10.2. The van der Waals surface area contributed by atoms with Crippen LogP contribution in [0.4, 0.5) is 0 Å². The van der Waals surface area contributed by atoms with Crippen molar-refractivity contribution in [3.63, 3.8) is 0 Å². The van der Waals surface area contributed by atoms with E-state index in [1.807, 2.05) is 30.5 Å². The van der Waals surface area contributed by atoms with Crippen LogP contribution in [-0.2, 0) is 0 Å². The fraction of sp³-hybridized carbons (Fsp3) is 0.125. The van der Waals surface area contributed by atoms with E-state index in [0.29, 0.717) is 0 Å². The lowest BCUT2D eigenvalue weighted by Gasteiger charge is -2.01. The van der Waals surface area contributed by atoms with Crippen LogP contribution in [0.15, 0.2) is 28.7 Å². The van der Waals surface area contributed by atoms with E-state index in [0.717, 1.165) is 14.2 Å². The SMILES string of the molecule is CSC(=S)c1ccccc1Br. The Kier molecular flexibility index (Phi) is 3.55. The van der Waals surface area contributed by atoms with Crippen LogP contribution in [0, 0.1) is 0 Å². The Morgan fingerprint density at radius 3 is 2.64 bits per heavy atom. The Morgan fingerprint density at radius 1 is 1.45 bits per heavy atom. The van der Waals surface area contributed by atoms with Crippen molar-refractivity contribution in [2.75, 3.05) is 6.26 Å². The van der Waals surface area contributed by atoms with Gasteiger partial charge in [-0.1, -0.05) is 46.3 Å². The Morgan fingerprint density at radius 2 is 2.09 bits per heavy atom. The molecule has 0 N–H and O–H groups in total. The van der Waals surface area contributed by atoms with Gasteiger partial charge in [0.2, 0.25) is 0 Å². The summed E-state index contributed by atoms with van der Waals surface area (Å²) in [5, 5.41) is 0. The van der Waals surface area contributed by atoms with Crippen molar-refractivity contribution in [2.24, 2.45) is 0 Å². The van der Waals surface area contributed by atoms with E-state index >= 15 is 0 Å². The average molecular weight is 247 g/mol. The lowest BCUT2D eigenvalue weighted by molar-refractivity contribution is 1.63. The summed E-state index contributed by atoms with van der Waals surface area (Å²) < 4.78 is 2.00. The highest BCUT2D eigenvalue weighted by Crippen LogP contribution is 2.20. The zero-order chi connectivity index (χ0) is 8.27. The highest BCUT2D eigenvalue weighted by atomic mass is 79.9. The Balaban J connectivity index is 3.03. The summed E-state index contributed by atoms with van der Waals surface area (Å²) in [6.45, 7) is 0. The van der Waals surface area contributed by atoms with Gasteiger partial charge in [0.25, 0.3) is 0 Å². The van der Waals surface area contributed by atoms with Gasteiger partial charge >= 0.3 is 0 Å². The first kappa shape index (κ1) is 9.23. The molecule has 11 heavy (non-hydrogen) atoms. The molecule has 0 unspecified atom stereocenters. The predicted molar refractivity (Wildman–Crippen MR) is 59.4 cm³/mol. The summed E-state index contributed by atoms with van der Waals surface area (Å²) in [5.74, 6) is 0. The molecule has 1 aromatic carbocycles. The molecule has 0 amide bonds. The molecule has 0 fully saturated rings. The van der Waals surface area contributed by atoms with Gasteiger partial charge in [-0.15, -0.1) is 11.8 Å². The first-order chi connectivity index (χ1) is 5.25. The minimum Gasteiger partial charge on any atom is -0.117 e. The van der Waals surface area contributed by atoms with E-state index in [1.165, 1.54) is 0 Å². The lowest BCUT2D eigenvalue weighted by atomic mass is 10.2. The fourth-order valence-corrected chi connectivity index (χ4v) is 2.06. The number of rotatable bonds is 1. The maximum absolute atomic E-state index is 5.14. The zero-order valence-corrected chi connectivity index (χ0v) is 9.22. The van der Waals surface area contributed by atoms with Crippen molar-refractivity contribution >= 4 is 44.1 Å². The third-order valence-corrected chi connectivity index (χ3v) is 3.28. The van der Waals surface area contributed by atoms with Crippen LogP contribution in [0.5, 0.6) is 0 Å². The van der Waals surface area contributed by atoms with Gasteiger partial charge in [-0.25, -0.2) is 0 Å². The summed E-state index contributed by atoms with van der Waals surface area (Å²) in [6, 6.07) is 7.99. The highest BCUT2D eigenvalue weighted by Gasteiger charge is 2.01. The molecular weight excluding hydrogens is 240 g/mol. The summed E-state index contributed by atoms with van der Waals surface area (Å²) in [5.41, 5.74) is 1.11. The van der Waals surface area contributed by atoms with Gasteiger partial charge in [0.05, 0.1) is 4.20 Å². The summed E-state index contributed by atoms with van der Waals surface area (Å²) in [7, 11) is 0. The largest absolute Gasteiger partial charge is 0.117 e. The number of benzene rings is 1. The van der Waals surface area contributed by atoms with E-state index in [1.54, 1.807) is 11.8 Å². The van der Waals surface area contributed by atoms with Gasteiger partial charge in [0.1, 0.15) is 0 Å². The molecule has 0 saturated carbocycles. The van der Waals surface area contributed by atoms with Crippen LogP contribution < -0.4 is 0 Å². The van der Waals surface area contributed by atoms with Crippen LogP contribution in [-0.4, -0.2) is 10.5 Å². The van der Waals surface area contributed by atoms with Crippen molar-refractivity contribution in [3.8, 4) is 0 Å². The predicted octanol–water partition coefficient (Wildman–Crippen LogP) is 3.49. The molecule has 1 rings (SSSR count). The average Bonchev–Trinajstić information content (AvgIpc) is 2.04. The Hall–Kier alpha value is 0.140. The number of thiocarbonyl (C=S) groups is 1. The molecule has 0 heterocycles. The van der Waals surface area contributed by atoms with Gasteiger partial charge in [-0.2, -0.15) is 0 Å². The number of hydrogen-bond acceptors (Lipinski definition) is 2. The fourth-order valence-electron chi connectivity index (χ4n) is 0.737. The highest BCUT2D eigenvalue weighted by molar-refractivity contribution is 9.10. The third kappa shape index (κ3) is 2.29. The minimum absolute atomic E-state index is 0.928. The van der Waals surface area contributed by atoms with E-state index in [9.17, 15) is 0 Å². The molecule has 58 valence electrons.